The molecular weight excluding hydrogens is 332 g/mol. The minimum atomic E-state index is -0.964. The van der Waals surface area contributed by atoms with Crippen LogP contribution in [0.15, 0.2) is 42.7 Å². The van der Waals surface area contributed by atoms with Gasteiger partial charge in [-0.3, -0.25) is 14.6 Å². The number of carbonyl (C=O) groups is 2. The molecule has 136 valence electrons. The fourth-order valence-corrected chi connectivity index (χ4v) is 3.11. The van der Waals surface area contributed by atoms with Gasteiger partial charge in [-0.25, -0.2) is 0 Å². The minimum absolute atomic E-state index is 0.172. The standard InChI is InChI=1S/C20H22N2O4/c23-19(22-18(11-20(24)25)16-2-1-8-21-12-16)6-4-14-3-5-15-7-9-26-13-17(15)10-14/h1-3,5,8,10,12,18H,4,6-7,9,11,13H2,(H,22,23)(H,24,25)/t18-/m0/s1. The number of carbonyl (C=O) groups excluding carboxylic acids is 1. The summed E-state index contributed by atoms with van der Waals surface area (Å²) in [6.07, 6.45) is 4.86. The van der Waals surface area contributed by atoms with Crippen LogP contribution in [0.25, 0.3) is 0 Å². The lowest BCUT2D eigenvalue weighted by atomic mass is 9.98. The molecule has 2 N–H and O–H groups in total. The van der Waals surface area contributed by atoms with Gasteiger partial charge in [0.2, 0.25) is 5.91 Å². The van der Waals surface area contributed by atoms with Gasteiger partial charge >= 0.3 is 5.97 Å². The number of hydrogen-bond donors (Lipinski definition) is 2. The number of aryl methyl sites for hydroxylation is 1. The lowest BCUT2D eigenvalue weighted by molar-refractivity contribution is -0.137. The Morgan fingerprint density at radius 3 is 2.92 bits per heavy atom. The number of aromatic nitrogens is 1. The molecule has 0 radical (unpaired) electrons. The van der Waals surface area contributed by atoms with Crippen molar-refractivity contribution in [1.29, 1.82) is 0 Å². The number of fused-ring (bicyclic) bond motifs is 1. The van der Waals surface area contributed by atoms with Gasteiger partial charge in [0.1, 0.15) is 0 Å². The molecule has 0 spiro atoms. The third kappa shape index (κ3) is 4.89. The molecule has 6 nitrogen and oxygen atoms in total. The summed E-state index contributed by atoms with van der Waals surface area (Å²) >= 11 is 0. The van der Waals surface area contributed by atoms with Gasteiger partial charge in [0.15, 0.2) is 0 Å². The zero-order valence-corrected chi connectivity index (χ0v) is 14.5. The van der Waals surface area contributed by atoms with Crippen molar-refractivity contribution in [2.45, 2.75) is 38.3 Å². The van der Waals surface area contributed by atoms with Crippen molar-refractivity contribution in [3.8, 4) is 0 Å². The van der Waals surface area contributed by atoms with Crippen LogP contribution >= 0.6 is 0 Å². The van der Waals surface area contributed by atoms with Crippen molar-refractivity contribution >= 4 is 11.9 Å². The molecular formula is C20H22N2O4. The van der Waals surface area contributed by atoms with Crippen molar-refractivity contribution in [3.63, 3.8) is 0 Å². The Balaban J connectivity index is 1.59. The maximum atomic E-state index is 12.3. The third-order valence-corrected chi connectivity index (χ3v) is 4.49. The Hall–Kier alpha value is -2.73. The smallest absolute Gasteiger partial charge is 0.305 e. The highest BCUT2D eigenvalue weighted by Gasteiger charge is 2.18. The quantitative estimate of drug-likeness (QED) is 0.797. The molecule has 0 bridgehead atoms. The van der Waals surface area contributed by atoms with E-state index in [1.165, 1.54) is 11.1 Å². The summed E-state index contributed by atoms with van der Waals surface area (Å²) in [6, 6.07) is 9.17. The van der Waals surface area contributed by atoms with Gasteiger partial charge < -0.3 is 15.2 Å². The van der Waals surface area contributed by atoms with Gasteiger partial charge in [-0.1, -0.05) is 24.3 Å². The Morgan fingerprint density at radius 2 is 2.15 bits per heavy atom. The second-order valence-corrected chi connectivity index (χ2v) is 6.41. The number of rotatable bonds is 7. The van der Waals surface area contributed by atoms with Crippen LogP contribution in [0.3, 0.4) is 0 Å². The molecule has 1 aromatic heterocycles. The normalized spacial score (nSPS) is 14.3. The zero-order chi connectivity index (χ0) is 18.4. The molecule has 0 fully saturated rings. The SMILES string of the molecule is O=C(O)C[C@H](NC(=O)CCc1ccc2c(c1)COCC2)c1cccnc1. The second-order valence-electron chi connectivity index (χ2n) is 6.41. The highest BCUT2D eigenvalue weighted by molar-refractivity contribution is 5.78. The molecule has 1 aromatic carbocycles. The van der Waals surface area contributed by atoms with E-state index in [9.17, 15) is 9.59 Å². The van der Waals surface area contributed by atoms with Gasteiger partial charge in [0.05, 0.1) is 25.7 Å². The van der Waals surface area contributed by atoms with E-state index in [1.807, 2.05) is 6.07 Å². The van der Waals surface area contributed by atoms with Gasteiger partial charge in [0, 0.05) is 18.8 Å². The first-order chi connectivity index (χ1) is 12.6. The lowest BCUT2D eigenvalue weighted by Gasteiger charge is -2.18. The largest absolute Gasteiger partial charge is 0.481 e. The van der Waals surface area contributed by atoms with E-state index in [2.05, 4.69) is 22.4 Å². The molecule has 26 heavy (non-hydrogen) atoms. The predicted octanol–water partition coefficient (Wildman–Crippen LogP) is 2.42. The van der Waals surface area contributed by atoms with E-state index in [-0.39, 0.29) is 12.3 Å². The van der Waals surface area contributed by atoms with Gasteiger partial charge in [0.25, 0.3) is 0 Å². The molecule has 1 aliphatic rings. The summed E-state index contributed by atoms with van der Waals surface area (Å²) < 4.78 is 5.47. The van der Waals surface area contributed by atoms with Crippen LogP contribution in [0.2, 0.25) is 0 Å². The Kier molecular flexibility index (Phi) is 5.96. The maximum Gasteiger partial charge on any atom is 0.305 e. The third-order valence-electron chi connectivity index (χ3n) is 4.49. The van der Waals surface area contributed by atoms with Crippen molar-refractivity contribution in [1.82, 2.24) is 10.3 Å². The molecule has 0 unspecified atom stereocenters. The number of benzene rings is 1. The predicted molar refractivity (Wildman–Crippen MR) is 95.5 cm³/mol. The summed E-state index contributed by atoms with van der Waals surface area (Å²) in [7, 11) is 0. The van der Waals surface area contributed by atoms with Crippen molar-refractivity contribution in [2.75, 3.05) is 6.61 Å². The van der Waals surface area contributed by atoms with E-state index < -0.39 is 12.0 Å². The molecule has 0 aliphatic carbocycles. The topological polar surface area (TPSA) is 88.5 Å². The summed E-state index contributed by atoms with van der Waals surface area (Å²) in [4.78, 5) is 27.4. The summed E-state index contributed by atoms with van der Waals surface area (Å²) in [6.45, 7) is 1.38. The van der Waals surface area contributed by atoms with E-state index in [4.69, 9.17) is 9.84 Å². The zero-order valence-electron chi connectivity index (χ0n) is 14.5. The van der Waals surface area contributed by atoms with Crippen LogP contribution in [0.4, 0.5) is 0 Å². The van der Waals surface area contributed by atoms with E-state index in [1.54, 1.807) is 24.5 Å². The van der Waals surface area contributed by atoms with Crippen molar-refractivity contribution < 1.29 is 19.4 Å². The van der Waals surface area contributed by atoms with Gasteiger partial charge in [-0.15, -0.1) is 0 Å². The molecule has 1 amide bonds. The second kappa shape index (κ2) is 8.58. The fraction of sp³-hybridized carbons (Fsp3) is 0.350. The summed E-state index contributed by atoms with van der Waals surface area (Å²) in [5, 5.41) is 11.9. The van der Waals surface area contributed by atoms with Crippen LogP contribution in [-0.2, 0) is 33.8 Å². The van der Waals surface area contributed by atoms with Crippen LogP contribution < -0.4 is 5.32 Å². The number of amides is 1. The van der Waals surface area contributed by atoms with Gasteiger partial charge in [-0.2, -0.15) is 0 Å². The Bertz CT molecular complexity index is 777. The van der Waals surface area contributed by atoms with Crippen molar-refractivity contribution in [2.24, 2.45) is 0 Å². The number of nitrogens with one attached hydrogen (secondary N) is 1. The first-order valence-corrected chi connectivity index (χ1v) is 8.71. The molecule has 2 heterocycles. The molecule has 1 aliphatic heterocycles. The van der Waals surface area contributed by atoms with E-state index >= 15 is 0 Å². The summed E-state index contributed by atoms with van der Waals surface area (Å²) in [5.74, 6) is -1.14. The highest BCUT2D eigenvalue weighted by atomic mass is 16.5. The highest BCUT2D eigenvalue weighted by Crippen LogP contribution is 2.20. The number of carboxylic acids is 1. The van der Waals surface area contributed by atoms with Gasteiger partial charge in [-0.05, 0) is 41.2 Å². The van der Waals surface area contributed by atoms with E-state index in [0.717, 1.165) is 18.6 Å². The van der Waals surface area contributed by atoms with Crippen LogP contribution in [0, 0.1) is 0 Å². The van der Waals surface area contributed by atoms with E-state index in [0.29, 0.717) is 25.0 Å². The number of nitrogens with zero attached hydrogens (tertiary/aromatic N) is 1. The van der Waals surface area contributed by atoms with Crippen LogP contribution in [0.1, 0.15) is 41.1 Å². The molecule has 6 heteroatoms. The number of aliphatic carboxylic acids is 1. The number of pyridine rings is 1. The van der Waals surface area contributed by atoms with Crippen molar-refractivity contribution in [3.05, 3.63) is 65.0 Å². The monoisotopic (exact) mass is 354 g/mol. The van der Waals surface area contributed by atoms with Crippen LogP contribution in [-0.4, -0.2) is 28.6 Å². The Morgan fingerprint density at radius 1 is 1.27 bits per heavy atom. The summed E-state index contributed by atoms with van der Waals surface area (Å²) in [5.41, 5.74) is 4.27. The molecule has 1 atom stereocenters. The molecule has 2 aromatic rings. The molecule has 0 saturated heterocycles. The average molecular weight is 354 g/mol. The van der Waals surface area contributed by atoms with Crippen LogP contribution in [0.5, 0.6) is 0 Å². The fourth-order valence-electron chi connectivity index (χ4n) is 3.11. The Labute approximate surface area is 152 Å². The lowest BCUT2D eigenvalue weighted by Crippen LogP contribution is -2.30. The molecule has 0 saturated carbocycles. The number of ether oxygens (including phenoxy) is 1. The average Bonchev–Trinajstić information content (AvgIpc) is 2.66. The number of hydrogen-bond acceptors (Lipinski definition) is 4. The molecule has 3 rings (SSSR count). The maximum absolute atomic E-state index is 12.3. The minimum Gasteiger partial charge on any atom is -0.481 e. The first-order valence-electron chi connectivity index (χ1n) is 8.71. The first kappa shape index (κ1) is 18.1. The number of carboxylic acid groups (broad SMARTS) is 1.